The van der Waals surface area contributed by atoms with Gasteiger partial charge in [-0.1, -0.05) is 13.0 Å². The van der Waals surface area contributed by atoms with Gasteiger partial charge in [-0.2, -0.15) is 0 Å². The number of carbonyl (C=O) groups excluding carboxylic acids is 6. The summed E-state index contributed by atoms with van der Waals surface area (Å²) in [6.45, 7) is 2.04. The topological polar surface area (TPSA) is 323 Å². The molecule has 9 rings (SSSR count). The summed E-state index contributed by atoms with van der Waals surface area (Å²) in [7, 11) is 0. The van der Waals surface area contributed by atoms with Gasteiger partial charge in [0.15, 0.2) is 11.7 Å². The number of pyridine rings is 2. The van der Waals surface area contributed by atoms with Crippen molar-refractivity contribution >= 4 is 58.3 Å². The Hall–Kier alpha value is -7.64. The number of imide groups is 1. The van der Waals surface area contributed by atoms with E-state index in [0.717, 1.165) is 17.1 Å². The number of carboxylic acids is 1. The van der Waals surface area contributed by atoms with Crippen LogP contribution in [0, 0.1) is 12.7 Å². The Morgan fingerprint density at radius 2 is 1.68 bits per heavy atom. The summed E-state index contributed by atoms with van der Waals surface area (Å²) in [6.07, 6.45) is -9.01. The van der Waals surface area contributed by atoms with Crippen LogP contribution in [0.25, 0.3) is 22.3 Å². The number of aliphatic carboxylic acids is 1. The molecule has 5 aliphatic rings. The van der Waals surface area contributed by atoms with Crippen molar-refractivity contribution in [2.24, 2.45) is 0 Å². The zero-order valence-corrected chi connectivity index (χ0v) is 38.5. The highest BCUT2D eigenvalue weighted by Gasteiger charge is 2.49. The molecule has 2 aromatic heterocycles. The van der Waals surface area contributed by atoms with Crippen molar-refractivity contribution in [3.63, 3.8) is 0 Å². The highest BCUT2D eigenvalue weighted by atomic mass is 19.1. The van der Waals surface area contributed by atoms with Crippen molar-refractivity contribution in [1.82, 2.24) is 24.7 Å². The van der Waals surface area contributed by atoms with Crippen molar-refractivity contribution in [2.45, 2.75) is 102 Å². The van der Waals surface area contributed by atoms with Gasteiger partial charge in [0.05, 0.1) is 41.2 Å². The van der Waals surface area contributed by atoms with Gasteiger partial charge in [0, 0.05) is 67.2 Å². The maximum Gasteiger partial charge on any atom is 0.410 e. The molecule has 72 heavy (non-hydrogen) atoms. The number of nitrogens with one attached hydrogen (secondary N) is 2. The van der Waals surface area contributed by atoms with Crippen LogP contribution < -0.4 is 20.9 Å². The highest BCUT2D eigenvalue weighted by Crippen LogP contribution is 2.43. The largest absolute Gasteiger partial charge is 0.479 e. The van der Waals surface area contributed by atoms with Gasteiger partial charge in [-0.05, 0) is 60.2 Å². The molecule has 2 aromatic carbocycles. The van der Waals surface area contributed by atoms with E-state index in [1.54, 1.807) is 13.8 Å². The SMILES string of the molecule is CC[C@@]1(O)C(=O)OCc2c1cc1n(c2=O)Cc2c-1nc1cc(F)c(C)c3c1c2CN(C(=O)OCc1ccc(O[C@@H]2O[C@H](C(=O)O)[C@@H](O)[C@H](O)[C@H]2O)c(NC(=O)CCNC(=O)CCN2C(=O)C=CC2=O)c1)CC3. The fourth-order valence-electron chi connectivity index (χ4n) is 9.51. The number of anilines is 1. The minimum absolute atomic E-state index is 0.00199. The number of hydrogen-bond acceptors (Lipinski definition) is 17. The maximum absolute atomic E-state index is 15.6. The number of fused-ring (bicyclic) bond motifs is 5. The zero-order chi connectivity index (χ0) is 51.5. The molecular formula is C48H47FN6O17. The summed E-state index contributed by atoms with van der Waals surface area (Å²) in [5.41, 5.74) is 0.690. The molecule has 0 saturated carbocycles. The summed E-state index contributed by atoms with van der Waals surface area (Å²) in [5.74, 6) is -5.72. The number of ether oxygens (including phenoxy) is 4. The highest BCUT2D eigenvalue weighted by molar-refractivity contribution is 6.13. The first-order valence-electron chi connectivity index (χ1n) is 22.8. The van der Waals surface area contributed by atoms with Gasteiger partial charge >= 0.3 is 18.0 Å². The number of cyclic esters (lactones) is 1. The Balaban J connectivity index is 0.948. The van der Waals surface area contributed by atoms with Gasteiger partial charge in [0.1, 0.15) is 43.1 Å². The van der Waals surface area contributed by atoms with Crippen molar-refractivity contribution in [3.8, 4) is 17.1 Å². The number of aliphatic hydroxyl groups excluding tert-OH is 3. The number of nitrogens with zero attached hydrogens (tertiary/aromatic N) is 4. The van der Waals surface area contributed by atoms with E-state index in [2.05, 4.69) is 10.6 Å². The fraction of sp³-hybridized carbons (Fsp3) is 0.396. The molecule has 5 aliphatic heterocycles. The summed E-state index contributed by atoms with van der Waals surface area (Å²) in [5, 5.41) is 57.9. The van der Waals surface area contributed by atoms with Crippen LogP contribution in [-0.4, -0.2) is 137 Å². The molecule has 24 heteroatoms. The number of carbonyl (C=O) groups is 7. The van der Waals surface area contributed by atoms with Gasteiger partial charge in [0.2, 0.25) is 18.1 Å². The Morgan fingerprint density at radius 3 is 2.40 bits per heavy atom. The second-order valence-electron chi connectivity index (χ2n) is 17.8. The number of aliphatic hydroxyl groups is 4. The van der Waals surface area contributed by atoms with Crippen molar-refractivity contribution in [2.75, 3.05) is 25.0 Å². The summed E-state index contributed by atoms with van der Waals surface area (Å²) in [6, 6.07) is 6.84. The van der Waals surface area contributed by atoms with E-state index >= 15 is 4.39 Å². The Labute approximate surface area is 406 Å². The molecule has 7 N–H and O–H groups in total. The monoisotopic (exact) mass is 998 g/mol. The fourth-order valence-corrected chi connectivity index (χ4v) is 9.51. The van der Waals surface area contributed by atoms with E-state index in [-0.39, 0.29) is 104 Å². The quantitative estimate of drug-likeness (QED) is 0.0614. The lowest BCUT2D eigenvalue weighted by atomic mass is 9.86. The van der Waals surface area contributed by atoms with Crippen LogP contribution in [0.4, 0.5) is 14.9 Å². The predicted octanol–water partition coefficient (Wildman–Crippen LogP) is 0.253. The number of aromatic nitrogens is 2. The van der Waals surface area contributed by atoms with Gasteiger partial charge in [0.25, 0.3) is 17.4 Å². The third-order valence-electron chi connectivity index (χ3n) is 13.5. The number of esters is 1. The lowest BCUT2D eigenvalue weighted by Gasteiger charge is -2.38. The number of carboxylic acid groups (broad SMARTS) is 1. The number of benzene rings is 2. The summed E-state index contributed by atoms with van der Waals surface area (Å²) >= 11 is 0. The van der Waals surface area contributed by atoms with E-state index in [4.69, 9.17) is 23.9 Å². The van der Waals surface area contributed by atoms with Gasteiger partial charge in [-0.25, -0.2) is 23.8 Å². The molecule has 23 nitrogen and oxygen atoms in total. The molecule has 0 radical (unpaired) electrons. The number of rotatable bonds is 13. The first-order chi connectivity index (χ1) is 34.3. The van der Waals surface area contributed by atoms with E-state index in [9.17, 15) is 63.9 Å². The molecule has 1 fully saturated rings. The number of hydrogen-bond donors (Lipinski definition) is 7. The van der Waals surface area contributed by atoms with Gasteiger partial charge in [-0.3, -0.25) is 28.9 Å². The van der Waals surface area contributed by atoms with Crippen LogP contribution in [0.15, 0.2) is 47.3 Å². The molecule has 0 aliphatic carbocycles. The smallest absolute Gasteiger partial charge is 0.410 e. The van der Waals surface area contributed by atoms with Crippen molar-refractivity contribution in [3.05, 3.63) is 97.6 Å². The molecule has 6 atom stereocenters. The third kappa shape index (κ3) is 8.80. The molecule has 378 valence electrons. The minimum atomic E-state index is -2.09. The molecule has 5 amide bonds. The van der Waals surface area contributed by atoms with Crippen LogP contribution in [0.5, 0.6) is 5.75 Å². The molecule has 4 aromatic rings. The van der Waals surface area contributed by atoms with Crippen LogP contribution in [0.2, 0.25) is 0 Å². The molecule has 7 heterocycles. The lowest BCUT2D eigenvalue weighted by Crippen LogP contribution is -2.61. The first kappa shape index (κ1) is 49.3. The second kappa shape index (κ2) is 19.2. The summed E-state index contributed by atoms with van der Waals surface area (Å²) in [4.78, 5) is 109. The molecule has 0 bridgehead atoms. The average Bonchev–Trinajstić information content (AvgIpc) is 3.80. The van der Waals surface area contributed by atoms with Crippen LogP contribution >= 0.6 is 0 Å². The van der Waals surface area contributed by atoms with Crippen molar-refractivity contribution in [1.29, 1.82) is 0 Å². The van der Waals surface area contributed by atoms with Crippen LogP contribution in [0.1, 0.15) is 65.1 Å². The maximum atomic E-state index is 15.6. The first-order valence-corrected chi connectivity index (χ1v) is 22.8. The Bertz CT molecular complexity index is 3090. The molecular weight excluding hydrogens is 952 g/mol. The standard InChI is InChI=1S/C48H47FN6O17/c1-3-48(68)27-15-31-38-25(18-55(31)43(63)26(27)20-69-46(48)66)24-17-53(12-9-23-21(2)28(49)16-30(52-38)37(23)24)47(67)70-19-22-4-5-32(71-45-41(62)39(60)40(61)42(72-45)44(64)65)29(14-22)51-34(57)8-11-50-33(56)10-13-54-35(58)6-7-36(54)59/h4-7,14-16,39-42,45,60-62,68H,3,8-13,17-20H2,1-2H3,(H,50,56)(H,51,57)(H,64,65)/t39-,40-,41+,42-,45+,48-/m0/s1. The third-order valence-corrected chi connectivity index (χ3v) is 13.5. The zero-order valence-electron chi connectivity index (χ0n) is 38.5. The lowest BCUT2D eigenvalue weighted by molar-refractivity contribution is -0.271. The predicted molar refractivity (Wildman–Crippen MR) is 242 cm³/mol. The second-order valence-corrected chi connectivity index (χ2v) is 17.8. The van der Waals surface area contributed by atoms with E-state index in [1.165, 1.54) is 39.8 Å². The van der Waals surface area contributed by atoms with Crippen molar-refractivity contribution < 1.29 is 82.4 Å². The number of amides is 5. The Morgan fingerprint density at radius 1 is 0.931 bits per heavy atom. The van der Waals surface area contributed by atoms with E-state index in [0.29, 0.717) is 33.3 Å². The summed E-state index contributed by atoms with van der Waals surface area (Å²) < 4.78 is 39.1. The number of halogens is 1. The minimum Gasteiger partial charge on any atom is -0.479 e. The van der Waals surface area contributed by atoms with E-state index in [1.807, 2.05) is 0 Å². The molecule has 1 saturated heterocycles. The average molecular weight is 999 g/mol. The normalized spacial score (nSPS) is 23.0. The van der Waals surface area contributed by atoms with Gasteiger partial charge in [-0.15, -0.1) is 0 Å². The van der Waals surface area contributed by atoms with E-state index < -0.39 is 96.0 Å². The van der Waals surface area contributed by atoms with Crippen LogP contribution in [0.3, 0.4) is 0 Å². The van der Waals surface area contributed by atoms with Gasteiger partial charge < -0.3 is 64.6 Å². The Kier molecular flexibility index (Phi) is 13.1. The molecule has 0 unspecified atom stereocenters. The molecule has 0 spiro atoms. The van der Waals surface area contributed by atoms with Crippen LogP contribution in [-0.2, 0) is 81.3 Å².